The lowest BCUT2D eigenvalue weighted by atomic mass is 10.2. The van der Waals surface area contributed by atoms with Crippen LogP contribution >= 0.6 is 12.4 Å². The van der Waals surface area contributed by atoms with E-state index in [0.29, 0.717) is 35.8 Å². The van der Waals surface area contributed by atoms with Gasteiger partial charge in [0.1, 0.15) is 11.5 Å². The van der Waals surface area contributed by atoms with E-state index in [4.69, 9.17) is 15.2 Å². The standard InChI is InChI=1S/C19H21N3O4.ClH/c1-25-17-8-7-13(10-16(17)20)21-18(23)12-26-15-5-2-4-14(11-15)22-9-3-6-19(22)24;/h2,4-5,7-8,10-11H,3,6,9,12,20H2,1H3,(H,21,23);1H. The predicted molar refractivity (Wildman–Crippen MR) is 107 cm³/mol. The smallest absolute Gasteiger partial charge is 0.262 e. The predicted octanol–water partition coefficient (Wildman–Crippen LogP) is 2.84. The molecule has 1 heterocycles. The summed E-state index contributed by atoms with van der Waals surface area (Å²) in [5, 5.41) is 2.72. The van der Waals surface area contributed by atoms with Gasteiger partial charge >= 0.3 is 0 Å². The first-order valence-corrected chi connectivity index (χ1v) is 8.33. The Bertz CT molecular complexity index is 828. The summed E-state index contributed by atoms with van der Waals surface area (Å²) >= 11 is 0. The fraction of sp³-hybridized carbons (Fsp3) is 0.263. The number of hydrogen-bond donors (Lipinski definition) is 2. The molecule has 7 nitrogen and oxygen atoms in total. The molecule has 144 valence electrons. The molecular weight excluding hydrogens is 370 g/mol. The molecule has 3 N–H and O–H groups in total. The lowest BCUT2D eigenvalue weighted by Gasteiger charge is -2.16. The van der Waals surface area contributed by atoms with Crippen LogP contribution in [0.3, 0.4) is 0 Å². The average Bonchev–Trinajstić information content (AvgIpc) is 3.06. The van der Waals surface area contributed by atoms with Crippen molar-refractivity contribution in [1.29, 1.82) is 0 Å². The summed E-state index contributed by atoms with van der Waals surface area (Å²) in [5.41, 5.74) is 7.61. The van der Waals surface area contributed by atoms with Crippen LogP contribution in [0.4, 0.5) is 17.1 Å². The summed E-state index contributed by atoms with van der Waals surface area (Å²) in [7, 11) is 1.53. The highest BCUT2D eigenvalue weighted by Crippen LogP contribution is 2.26. The van der Waals surface area contributed by atoms with E-state index in [-0.39, 0.29) is 30.8 Å². The van der Waals surface area contributed by atoms with Crippen LogP contribution in [0.2, 0.25) is 0 Å². The summed E-state index contributed by atoms with van der Waals surface area (Å²) < 4.78 is 10.6. The van der Waals surface area contributed by atoms with E-state index in [1.54, 1.807) is 41.3 Å². The molecule has 0 radical (unpaired) electrons. The van der Waals surface area contributed by atoms with Crippen molar-refractivity contribution in [2.45, 2.75) is 12.8 Å². The minimum absolute atomic E-state index is 0. The Morgan fingerprint density at radius 2 is 2.07 bits per heavy atom. The van der Waals surface area contributed by atoms with Gasteiger partial charge in [0.05, 0.1) is 12.8 Å². The SMILES string of the molecule is COc1ccc(NC(=O)COc2cccc(N3CCCC3=O)c2)cc1N.Cl. The molecule has 1 aliphatic heterocycles. The Balaban J connectivity index is 0.00000261. The van der Waals surface area contributed by atoms with Gasteiger partial charge in [0.25, 0.3) is 5.91 Å². The first-order valence-electron chi connectivity index (χ1n) is 8.33. The Hall–Kier alpha value is -2.93. The second-order valence-corrected chi connectivity index (χ2v) is 5.94. The van der Waals surface area contributed by atoms with Crippen molar-refractivity contribution in [1.82, 2.24) is 0 Å². The molecule has 0 atom stereocenters. The highest BCUT2D eigenvalue weighted by molar-refractivity contribution is 5.95. The number of nitrogens with two attached hydrogens (primary N) is 1. The van der Waals surface area contributed by atoms with E-state index >= 15 is 0 Å². The van der Waals surface area contributed by atoms with E-state index < -0.39 is 0 Å². The van der Waals surface area contributed by atoms with Crippen molar-refractivity contribution in [2.75, 3.05) is 36.2 Å². The maximum atomic E-state index is 12.1. The number of carbonyl (C=O) groups excluding carboxylic acids is 2. The maximum Gasteiger partial charge on any atom is 0.262 e. The highest BCUT2D eigenvalue weighted by Gasteiger charge is 2.21. The van der Waals surface area contributed by atoms with Gasteiger partial charge in [-0.25, -0.2) is 0 Å². The second kappa shape index (κ2) is 9.14. The van der Waals surface area contributed by atoms with Gasteiger partial charge in [0, 0.05) is 30.4 Å². The van der Waals surface area contributed by atoms with Gasteiger partial charge in [0.15, 0.2) is 6.61 Å². The van der Waals surface area contributed by atoms with E-state index in [9.17, 15) is 9.59 Å². The Morgan fingerprint density at radius 1 is 1.26 bits per heavy atom. The molecule has 2 amide bonds. The molecule has 0 aromatic heterocycles. The van der Waals surface area contributed by atoms with E-state index in [1.165, 1.54) is 7.11 Å². The quantitative estimate of drug-likeness (QED) is 0.738. The van der Waals surface area contributed by atoms with Gasteiger partial charge in [-0.3, -0.25) is 9.59 Å². The third-order valence-corrected chi connectivity index (χ3v) is 4.09. The normalized spacial score (nSPS) is 13.1. The van der Waals surface area contributed by atoms with E-state index in [1.807, 2.05) is 6.07 Å². The number of nitrogens with one attached hydrogen (secondary N) is 1. The second-order valence-electron chi connectivity index (χ2n) is 5.94. The van der Waals surface area contributed by atoms with Crippen LogP contribution in [0.1, 0.15) is 12.8 Å². The molecule has 1 saturated heterocycles. The first kappa shape index (κ1) is 20.4. The van der Waals surface area contributed by atoms with Crippen LogP contribution in [-0.4, -0.2) is 32.1 Å². The van der Waals surface area contributed by atoms with Crippen LogP contribution in [0.25, 0.3) is 0 Å². The molecule has 0 unspecified atom stereocenters. The molecular formula is C19H22ClN3O4. The van der Waals surface area contributed by atoms with E-state index in [0.717, 1.165) is 12.1 Å². The third-order valence-electron chi connectivity index (χ3n) is 4.09. The number of amides is 2. The number of ether oxygens (including phenoxy) is 2. The average molecular weight is 392 g/mol. The number of halogens is 1. The summed E-state index contributed by atoms with van der Waals surface area (Å²) in [6.07, 6.45) is 1.43. The summed E-state index contributed by atoms with van der Waals surface area (Å²) in [6, 6.07) is 12.2. The fourth-order valence-electron chi connectivity index (χ4n) is 2.82. The minimum Gasteiger partial charge on any atom is -0.495 e. The molecule has 0 saturated carbocycles. The van der Waals surface area contributed by atoms with Crippen molar-refractivity contribution in [2.24, 2.45) is 0 Å². The number of anilines is 3. The zero-order chi connectivity index (χ0) is 18.5. The van der Waals surface area contributed by atoms with Crippen LogP contribution in [0.15, 0.2) is 42.5 Å². The lowest BCUT2D eigenvalue weighted by Crippen LogP contribution is -2.24. The van der Waals surface area contributed by atoms with Gasteiger partial charge in [0.2, 0.25) is 5.91 Å². The molecule has 0 aliphatic carbocycles. The molecule has 0 bridgehead atoms. The maximum absolute atomic E-state index is 12.1. The Kier molecular flexibility index (Phi) is 6.90. The van der Waals surface area contributed by atoms with Crippen molar-refractivity contribution < 1.29 is 19.1 Å². The molecule has 27 heavy (non-hydrogen) atoms. The topological polar surface area (TPSA) is 93.9 Å². The summed E-state index contributed by atoms with van der Waals surface area (Å²) in [6.45, 7) is 0.561. The highest BCUT2D eigenvalue weighted by atomic mass is 35.5. The monoisotopic (exact) mass is 391 g/mol. The number of hydrogen-bond acceptors (Lipinski definition) is 5. The summed E-state index contributed by atoms with van der Waals surface area (Å²) in [5.74, 6) is 0.883. The van der Waals surface area contributed by atoms with Crippen molar-refractivity contribution in [3.05, 3.63) is 42.5 Å². The number of methoxy groups -OCH3 is 1. The first-order chi connectivity index (χ1) is 12.6. The zero-order valence-electron chi connectivity index (χ0n) is 14.9. The molecule has 2 aromatic carbocycles. The lowest BCUT2D eigenvalue weighted by molar-refractivity contribution is -0.118. The Morgan fingerprint density at radius 3 is 2.74 bits per heavy atom. The molecule has 1 aliphatic rings. The number of nitrogen functional groups attached to an aromatic ring is 1. The van der Waals surface area contributed by atoms with Gasteiger partial charge in [-0.15, -0.1) is 12.4 Å². The number of carbonyl (C=O) groups is 2. The van der Waals surface area contributed by atoms with Crippen LogP contribution in [-0.2, 0) is 9.59 Å². The number of benzene rings is 2. The van der Waals surface area contributed by atoms with Gasteiger partial charge in [-0.2, -0.15) is 0 Å². The van der Waals surface area contributed by atoms with Gasteiger partial charge in [-0.05, 0) is 36.8 Å². The Labute approximate surface area is 163 Å². The third kappa shape index (κ3) is 5.04. The number of rotatable bonds is 6. The van der Waals surface area contributed by atoms with Crippen molar-refractivity contribution in [3.8, 4) is 11.5 Å². The molecule has 8 heteroatoms. The van der Waals surface area contributed by atoms with Crippen molar-refractivity contribution in [3.63, 3.8) is 0 Å². The number of nitrogens with zero attached hydrogens (tertiary/aromatic N) is 1. The zero-order valence-corrected chi connectivity index (χ0v) is 15.8. The minimum atomic E-state index is -0.308. The van der Waals surface area contributed by atoms with Gasteiger partial charge in [-0.1, -0.05) is 6.07 Å². The fourth-order valence-corrected chi connectivity index (χ4v) is 2.82. The van der Waals surface area contributed by atoms with Crippen LogP contribution in [0.5, 0.6) is 11.5 Å². The largest absolute Gasteiger partial charge is 0.495 e. The van der Waals surface area contributed by atoms with Crippen LogP contribution in [0, 0.1) is 0 Å². The molecule has 1 fully saturated rings. The molecule has 0 spiro atoms. The summed E-state index contributed by atoms with van der Waals surface area (Å²) in [4.78, 5) is 25.6. The molecule has 2 aromatic rings. The molecule has 3 rings (SSSR count). The van der Waals surface area contributed by atoms with Gasteiger partial charge < -0.3 is 25.4 Å². The van der Waals surface area contributed by atoms with Crippen LogP contribution < -0.4 is 25.4 Å². The van der Waals surface area contributed by atoms with Crippen molar-refractivity contribution >= 4 is 41.3 Å². The van der Waals surface area contributed by atoms with E-state index in [2.05, 4.69) is 5.32 Å².